The number of sulfonamides is 1. The second-order valence-corrected chi connectivity index (χ2v) is 13.1. The molecule has 0 aliphatic heterocycles. The normalized spacial score (nSPS) is 12.4. The minimum atomic E-state index is -4.18. The van der Waals surface area contributed by atoms with Gasteiger partial charge in [-0.25, -0.2) is 8.42 Å². The molecule has 0 spiro atoms. The van der Waals surface area contributed by atoms with Gasteiger partial charge in [0.15, 0.2) is 0 Å². The Bertz CT molecular complexity index is 1410. The van der Waals surface area contributed by atoms with Crippen molar-refractivity contribution in [3.8, 4) is 0 Å². The van der Waals surface area contributed by atoms with E-state index in [2.05, 4.69) is 5.32 Å². The summed E-state index contributed by atoms with van der Waals surface area (Å²) in [6.07, 6.45) is 0.838. The second kappa shape index (κ2) is 13.5. The number of halogens is 2. The molecule has 0 aliphatic carbocycles. The van der Waals surface area contributed by atoms with Crippen LogP contribution < -0.4 is 9.62 Å². The fourth-order valence-corrected chi connectivity index (χ4v) is 5.96. The molecule has 0 fully saturated rings. The van der Waals surface area contributed by atoms with Crippen LogP contribution in [0.3, 0.4) is 0 Å². The van der Waals surface area contributed by atoms with E-state index in [1.54, 1.807) is 18.2 Å². The summed E-state index contributed by atoms with van der Waals surface area (Å²) in [4.78, 5) is 28.9. The van der Waals surface area contributed by atoms with Gasteiger partial charge in [0, 0.05) is 12.1 Å². The summed E-state index contributed by atoms with van der Waals surface area (Å²) >= 11 is 12.3. The van der Waals surface area contributed by atoms with Crippen molar-refractivity contribution in [2.75, 3.05) is 17.4 Å². The zero-order chi connectivity index (χ0) is 29.5. The molecule has 0 aromatic heterocycles. The van der Waals surface area contributed by atoms with E-state index in [9.17, 15) is 18.0 Å². The van der Waals surface area contributed by atoms with Gasteiger partial charge in [0.2, 0.25) is 11.8 Å². The number of anilines is 1. The Morgan fingerprint density at radius 3 is 2.05 bits per heavy atom. The lowest BCUT2D eigenvalue weighted by Gasteiger charge is -2.34. The fraction of sp³-hybridized carbons (Fsp3) is 0.333. The van der Waals surface area contributed by atoms with Crippen LogP contribution in [-0.4, -0.2) is 49.8 Å². The Kier molecular flexibility index (Phi) is 10.6. The molecule has 1 unspecified atom stereocenters. The van der Waals surface area contributed by atoms with Gasteiger partial charge in [-0.2, -0.15) is 0 Å². The summed E-state index contributed by atoms with van der Waals surface area (Å²) < 4.78 is 28.7. The smallest absolute Gasteiger partial charge is 0.264 e. The van der Waals surface area contributed by atoms with Gasteiger partial charge >= 0.3 is 0 Å². The third kappa shape index (κ3) is 8.22. The molecule has 3 rings (SSSR count). The molecule has 214 valence electrons. The molecule has 7 nitrogen and oxygen atoms in total. The van der Waals surface area contributed by atoms with Crippen molar-refractivity contribution in [1.29, 1.82) is 0 Å². The van der Waals surface area contributed by atoms with E-state index < -0.39 is 34.1 Å². The van der Waals surface area contributed by atoms with Crippen molar-refractivity contribution in [2.45, 2.75) is 57.0 Å². The molecule has 0 saturated heterocycles. The van der Waals surface area contributed by atoms with Crippen LogP contribution in [0, 0.1) is 0 Å². The lowest BCUT2D eigenvalue weighted by molar-refractivity contribution is -0.140. The first-order chi connectivity index (χ1) is 18.8. The Labute approximate surface area is 247 Å². The fourth-order valence-electron chi connectivity index (χ4n) is 4.24. The molecule has 40 heavy (non-hydrogen) atoms. The van der Waals surface area contributed by atoms with Crippen molar-refractivity contribution < 1.29 is 18.0 Å². The summed E-state index contributed by atoms with van der Waals surface area (Å²) in [7, 11) is -4.18. The molecule has 0 aliphatic rings. The van der Waals surface area contributed by atoms with Crippen LogP contribution in [-0.2, 0) is 26.0 Å². The summed E-state index contributed by atoms with van der Waals surface area (Å²) in [6.45, 7) is 7.11. The number of rotatable bonds is 11. The van der Waals surface area contributed by atoms with E-state index in [4.69, 9.17) is 23.2 Å². The van der Waals surface area contributed by atoms with Crippen LogP contribution in [0.25, 0.3) is 0 Å². The van der Waals surface area contributed by atoms with Gasteiger partial charge in [-0.05, 0) is 69.5 Å². The quantitative estimate of drug-likeness (QED) is 0.293. The zero-order valence-electron chi connectivity index (χ0n) is 23.1. The molecular formula is C30H35Cl2N3O4S. The van der Waals surface area contributed by atoms with Crippen LogP contribution in [0.15, 0.2) is 83.8 Å². The monoisotopic (exact) mass is 603 g/mol. The maximum absolute atomic E-state index is 14.0. The molecule has 2 amide bonds. The Morgan fingerprint density at radius 1 is 0.900 bits per heavy atom. The van der Waals surface area contributed by atoms with Crippen molar-refractivity contribution in [2.24, 2.45) is 0 Å². The van der Waals surface area contributed by atoms with Gasteiger partial charge in [-0.1, -0.05) is 78.7 Å². The molecule has 0 heterocycles. The first-order valence-electron chi connectivity index (χ1n) is 13.0. The van der Waals surface area contributed by atoms with E-state index in [1.165, 1.54) is 35.2 Å². The van der Waals surface area contributed by atoms with Gasteiger partial charge in [-0.15, -0.1) is 0 Å². The Balaban J connectivity index is 2.03. The number of benzene rings is 3. The van der Waals surface area contributed by atoms with E-state index in [0.29, 0.717) is 12.8 Å². The van der Waals surface area contributed by atoms with E-state index in [0.717, 1.165) is 9.87 Å². The lowest BCUT2D eigenvalue weighted by atomic mass is 10.1. The number of hydrogen-bond acceptors (Lipinski definition) is 4. The highest BCUT2D eigenvalue weighted by Gasteiger charge is 2.34. The predicted octanol–water partition coefficient (Wildman–Crippen LogP) is 5.95. The third-order valence-electron chi connectivity index (χ3n) is 6.17. The average molecular weight is 605 g/mol. The minimum Gasteiger partial charge on any atom is -0.350 e. The average Bonchev–Trinajstić information content (AvgIpc) is 2.91. The van der Waals surface area contributed by atoms with Gasteiger partial charge < -0.3 is 10.2 Å². The van der Waals surface area contributed by atoms with Crippen molar-refractivity contribution >= 4 is 50.7 Å². The first kappa shape index (κ1) is 31.5. The standard InChI is InChI=1S/C30H35Cl2N3O4S/c1-5-27(29(37)33-30(2,3)4)34(19-18-22-12-8-6-9-13-22)28(36)21-35(23-16-17-25(31)26(32)20-23)40(38,39)24-14-10-7-11-15-24/h6-17,20,27H,5,18-19,21H2,1-4H3,(H,33,37). The second-order valence-electron chi connectivity index (χ2n) is 10.4. The van der Waals surface area contributed by atoms with Crippen molar-refractivity contribution in [3.63, 3.8) is 0 Å². The van der Waals surface area contributed by atoms with Gasteiger partial charge in [-0.3, -0.25) is 13.9 Å². The van der Waals surface area contributed by atoms with Crippen LogP contribution in [0.4, 0.5) is 5.69 Å². The van der Waals surface area contributed by atoms with Crippen molar-refractivity contribution in [1.82, 2.24) is 10.2 Å². The lowest BCUT2D eigenvalue weighted by Crippen LogP contribution is -2.56. The maximum atomic E-state index is 14.0. The largest absolute Gasteiger partial charge is 0.350 e. The molecular weight excluding hydrogens is 569 g/mol. The number of nitrogens with zero attached hydrogens (tertiary/aromatic N) is 2. The molecule has 3 aromatic rings. The maximum Gasteiger partial charge on any atom is 0.264 e. The number of carbonyl (C=O) groups excluding carboxylic acids is 2. The molecule has 10 heteroatoms. The zero-order valence-corrected chi connectivity index (χ0v) is 25.4. The van der Waals surface area contributed by atoms with Gasteiger partial charge in [0.25, 0.3) is 10.0 Å². The summed E-state index contributed by atoms with van der Waals surface area (Å²) in [5.74, 6) is -0.819. The van der Waals surface area contributed by atoms with Gasteiger partial charge in [0.1, 0.15) is 12.6 Å². The van der Waals surface area contributed by atoms with Gasteiger partial charge in [0.05, 0.1) is 20.6 Å². The highest BCUT2D eigenvalue weighted by atomic mass is 35.5. The van der Waals surface area contributed by atoms with Crippen LogP contribution in [0.5, 0.6) is 0 Å². The SMILES string of the molecule is CCC(C(=O)NC(C)(C)C)N(CCc1ccccc1)C(=O)CN(c1ccc(Cl)c(Cl)c1)S(=O)(=O)c1ccccc1. The van der Waals surface area contributed by atoms with Crippen LogP contribution >= 0.6 is 23.2 Å². The number of amides is 2. The van der Waals surface area contributed by atoms with E-state index in [1.807, 2.05) is 58.0 Å². The first-order valence-corrected chi connectivity index (χ1v) is 15.2. The van der Waals surface area contributed by atoms with Crippen molar-refractivity contribution in [3.05, 3.63) is 94.5 Å². The summed E-state index contributed by atoms with van der Waals surface area (Å²) in [5.41, 5.74) is 0.660. The highest BCUT2D eigenvalue weighted by Crippen LogP contribution is 2.31. The highest BCUT2D eigenvalue weighted by molar-refractivity contribution is 7.92. The predicted molar refractivity (Wildman–Crippen MR) is 161 cm³/mol. The number of hydrogen-bond donors (Lipinski definition) is 1. The molecule has 3 aromatic carbocycles. The minimum absolute atomic E-state index is 0.0159. The third-order valence-corrected chi connectivity index (χ3v) is 8.70. The molecule has 0 bridgehead atoms. The van der Waals surface area contributed by atoms with E-state index >= 15 is 0 Å². The topological polar surface area (TPSA) is 86.8 Å². The summed E-state index contributed by atoms with van der Waals surface area (Å²) in [5, 5.41) is 3.36. The Hall–Kier alpha value is -3.07. The van der Waals surface area contributed by atoms with E-state index in [-0.39, 0.29) is 33.1 Å². The number of nitrogens with one attached hydrogen (secondary N) is 1. The molecule has 1 atom stereocenters. The summed E-state index contributed by atoms with van der Waals surface area (Å²) in [6, 6.07) is 21.0. The molecule has 0 saturated carbocycles. The van der Waals surface area contributed by atoms with Crippen LogP contribution in [0.1, 0.15) is 39.7 Å². The molecule has 0 radical (unpaired) electrons. The number of carbonyl (C=O) groups is 2. The molecule has 1 N–H and O–H groups in total. The Morgan fingerprint density at radius 2 is 1.50 bits per heavy atom. The van der Waals surface area contributed by atoms with Crippen LogP contribution in [0.2, 0.25) is 10.0 Å².